The van der Waals surface area contributed by atoms with E-state index in [0.29, 0.717) is 0 Å². The van der Waals surface area contributed by atoms with Crippen molar-refractivity contribution < 1.29 is 14.7 Å². The van der Waals surface area contributed by atoms with Crippen molar-refractivity contribution in [2.75, 3.05) is 6.54 Å². The van der Waals surface area contributed by atoms with Crippen LogP contribution in [0.5, 0.6) is 0 Å². The second-order valence-electron chi connectivity index (χ2n) is 5.59. The van der Waals surface area contributed by atoms with E-state index in [4.69, 9.17) is 5.11 Å². The number of carboxylic acids is 1. The van der Waals surface area contributed by atoms with Crippen molar-refractivity contribution in [1.82, 2.24) is 10.3 Å². The van der Waals surface area contributed by atoms with Gasteiger partial charge in [0.15, 0.2) is 0 Å². The number of rotatable bonds is 6. The molecule has 122 valence electrons. The first-order valence-electron chi connectivity index (χ1n) is 7.39. The number of carbonyl (C=O) groups is 2. The molecule has 0 aliphatic rings. The number of aromatic nitrogens is 1. The average molecular weight is 332 g/mol. The molecule has 1 aromatic heterocycles. The summed E-state index contributed by atoms with van der Waals surface area (Å²) in [6, 6.07) is 8.03. The third-order valence-electron chi connectivity index (χ3n) is 3.48. The van der Waals surface area contributed by atoms with Crippen LogP contribution in [-0.4, -0.2) is 28.5 Å². The van der Waals surface area contributed by atoms with Crippen LogP contribution in [0.2, 0.25) is 0 Å². The first kappa shape index (κ1) is 17.1. The molecule has 1 aromatic carbocycles. The maximum atomic E-state index is 12.1. The molecule has 2 rings (SSSR count). The number of hydrogen-bond donors (Lipinski definition) is 2. The lowest BCUT2D eigenvalue weighted by atomic mass is 10.1. The lowest BCUT2D eigenvalue weighted by molar-refractivity contribution is -0.141. The number of hydrogen-bond acceptors (Lipinski definition) is 4. The van der Waals surface area contributed by atoms with E-state index in [1.807, 2.05) is 38.1 Å². The van der Waals surface area contributed by atoms with Gasteiger partial charge < -0.3 is 10.4 Å². The highest BCUT2D eigenvalue weighted by atomic mass is 32.1. The Morgan fingerprint density at radius 1 is 1.26 bits per heavy atom. The molecule has 0 saturated carbocycles. The molecule has 1 unspecified atom stereocenters. The Balaban J connectivity index is 2.10. The fraction of sp³-hybridized carbons (Fsp3) is 0.353. The predicted molar refractivity (Wildman–Crippen MR) is 90.5 cm³/mol. The molecule has 0 bridgehead atoms. The van der Waals surface area contributed by atoms with Gasteiger partial charge >= 0.3 is 5.97 Å². The van der Waals surface area contributed by atoms with E-state index in [-0.39, 0.29) is 18.9 Å². The third-order valence-corrected chi connectivity index (χ3v) is 4.45. The molecular weight excluding hydrogens is 312 g/mol. The smallest absolute Gasteiger partial charge is 0.308 e. The van der Waals surface area contributed by atoms with Crippen LogP contribution in [-0.2, 0) is 16.0 Å². The maximum absolute atomic E-state index is 12.1. The van der Waals surface area contributed by atoms with Crippen molar-refractivity contribution in [1.29, 1.82) is 0 Å². The zero-order chi connectivity index (χ0) is 17.0. The van der Waals surface area contributed by atoms with E-state index < -0.39 is 11.9 Å². The molecule has 0 spiro atoms. The van der Waals surface area contributed by atoms with Gasteiger partial charge in [0.05, 0.1) is 23.0 Å². The van der Waals surface area contributed by atoms with Crippen LogP contribution in [0.3, 0.4) is 0 Å². The third kappa shape index (κ3) is 4.63. The number of nitrogens with zero attached hydrogens (tertiary/aromatic N) is 1. The molecule has 23 heavy (non-hydrogen) atoms. The van der Waals surface area contributed by atoms with Crippen molar-refractivity contribution in [3.05, 3.63) is 39.7 Å². The molecule has 0 radical (unpaired) electrons. The summed E-state index contributed by atoms with van der Waals surface area (Å²) in [5, 5.41) is 12.4. The maximum Gasteiger partial charge on any atom is 0.308 e. The first-order chi connectivity index (χ1) is 10.9. The Hall–Kier alpha value is -2.21. The minimum Gasteiger partial charge on any atom is -0.481 e. The topological polar surface area (TPSA) is 79.3 Å². The monoisotopic (exact) mass is 332 g/mol. The van der Waals surface area contributed by atoms with Gasteiger partial charge in [-0.25, -0.2) is 4.98 Å². The molecule has 1 amide bonds. The van der Waals surface area contributed by atoms with Crippen molar-refractivity contribution in [3.8, 4) is 11.3 Å². The van der Waals surface area contributed by atoms with Crippen LogP contribution in [0.15, 0.2) is 24.3 Å². The Morgan fingerprint density at radius 2 is 1.91 bits per heavy atom. The summed E-state index contributed by atoms with van der Waals surface area (Å²) < 4.78 is 0. The van der Waals surface area contributed by atoms with Crippen molar-refractivity contribution in [2.45, 2.75) is 27.2 Å². The summed E-state index contributed by atoms with van der Waals surface area (Å²) in [4.78, 5) is 28.3. The van der Waals surface area contributed by atoms with Gasteiger partial charge in [0.2, 0.25) is 5.91 Å². The molecule has 1 atom stereocenters. The Morgan fingerprint density at radius 3 is 2.52 bits per heavy atom. The molecule has 0 saturated heterocycles. The van der Waals surface area contributed by atoms with Crippen molar-refractivity contribution in [2.24, 2.45) is 5.92 Å². The first-order valence-corrected chi connectivity index (χ1v) is 8.21. The van der Waals surface area contributed by atoms with Crippen LogP contribution in [0.25, 0.3) is 11.3 Å². The predicted octanol–water partition coefficient (Wildman–Crippen LogP) is 2.81. The highest BCUT2D eigenvalue weighted by molar-refractivity contribution is 7.12. The van der Waals surface area contributed by atoms with Crippen molar-refractivity contribution >= 4 is 23.2 Å². The number of amides is 1. The van der Waals surface area contributed by atoms with E-state index in [1.165, 1.54) is 16.9 Å². The second-order valence-corrected chi connectivity index (χ2v) is 6.88. The zero-order valence-electron chi connectivity index (χ0n) is 13.4. The van der Waals surface area contributed by atoms with Crippen LogP contribution in [0.4, 0.5) is 0 Å². The summed E-state index contributed by atoms with van der Waals surface area (Å²) in [7, 11) is 0. The second kappa shape index (κ2) is 7.37. The number of carboxylic acid groups (broad SMARTS) is 1. The van der Waals surface area contributed by atoms with E-state index >= 15 is 0 Å². The number of nitrogens with one attached hydrogen (secondary N) is 1. The normalized spacial score (nSPS) is 12.0. The molecule has 6 heteroatoms. The molecule has 1 heterocycles. The van der Waals surface area contributed by atoms with Crippen LogP contribution < -0.4 is 5.32 Å². The number of aliphatic carboxylic acids is 1. The molecular formula is C17H20N2O3S. The van der Waals surface area contributed by atoms with Gasteiger partial charge in [-0.1, -0.05) is 36.8 Å². The molecule has 2 N–H and O–H groups in total. The summed E-state index contributed by atoms with van der Waals surface area (Å²) in [6.07, 6.45) is 0.209. The van der Waals surface area contributed by atoms with Crippen molar-refractivity contribution in [3.63, 3.8) is 0 Å². The summed E-state index contributed by atoms with van der Waals surface area (Å²) in [5.74, 6) is -1.70. The van der Waals surface area contributed by atoms with Gasteiger partial charge in [-0.3, -0.25) is 9.59 Å². The fourth-order valence-electron chi connectivity index (χ4n) is 2.09. The van der Waals surface area contributed by atoms with Gasteiger partial charge in [-0.2, -0.15) is 0 Å². The van der Waals surface area contributed by atoms with Crippen LogP contribution >= 0.6 is 11.3 Å². The minimum absolute atomic E-state index is 0.131. The highest BCUT2D eigenvalue weighted by Gasteiger charge is 2.16. The van der Waals surface area contributed by atoms with Gasteiger partial charge in [-0.15, -0.1) is 11.3 Å². The molecule has 5 nitrogen and oxygen atoms in total. The number of benzene rings is 1. The Kier molecular flexibility index (Phi) is 5.50. The molecule has 2 aromatic rings. The van der Waals surface area contributed by atoms with Crippen LogP contribution in [0.1, 0.15) is 22.4 Å². The van der Waals surface area contributed by atoms with E-state index in [2.05, 4.69) is 10.3 Å². The van der Waals surface area contributed by atoms with Gasteiger partial charge in [0.25, 0.3) is 0 Å². The van der Waals surface area contributed by atoms with Gasteiger partial charge in [0.1, 0.15) is 0 Å². The zero-order valence-corrected chi connectivity index (χ0v) is 14.2. The Bertz CT molecular complexity index is 707. The SMILES string of the molecule is Cc1ccc(-c2nc(C)sc2CC(=O)NCC(C)C(=O)O)cc1. The highest BCUT2D eigenvalue weighted by Crippen LogP contribution is 2.28. The van der Waals surface area contributed by atoms with Gasteiger partial charge in [0, 0.05) is 17.0 Å². The molecule has 0 aliphatic carbocycles. The van der Waals surface area contributed by atoms with Gasteiger partial charge in [-0.05, 0) is 13.8 Å². The fourth-order valence-corrected chi connectivity index (χ4v) is 3.05. The number of thiazole rings is 1. The average Bonchev–Trinajstić information content (AvgIpc) is 2.86. The Labute approximate surface area is 139 Å². The number of aryl methyl sites for hydroxylation is 2. The minimum atomic E-state index is -0.917. The molecule has 0 aliphatic heterocycles. The van der Waals surface area contributed by atoms with E-state index in [1.54, 1.807) is 6.92 Å². The molecule has 0 fully saturated rings. The summed E-state index contributed by atoms with van der Waals surface area (Å²) in [5.41, 5.74) is 2.98. The van der Waals surface area contributed by atoms with Crippen LogP contribution in [0, 0.1) is 19.8 Å². The van der Waals surface area contributed by atoms with E-state index in [9.17, 15) is 9.59 Å². The lowest BCUT2D eigenvalue weighted by Crippen LogP contribution is -2.32. The lowest BCUT2D eigenvalue weighted by Gasteiger charge is -2.08. The largest absolute Gasteiger partial charge is 0.481 e. The van der Waals surface area contributed by atoms with E-state index in [0.717, 1.165) is 21.1 Å². The standard InChI is InChI=1S/C17H20N2O3S/c1-10-4-6-13(7-5-10)16-14(23-12(3)19-16)8-15(20)18-9-11(2)17(21)22/h4-7,11H,8-9H2,1-3H3,(H,18,20)(H,21,22). The summed E-state index contributed by atoms with van der Waals surface area (Å²) in [6.45, 7) is 5.63. The quantitative estimate of drug-likeness (QED) is 0.852. The summed E-state index contributed by atoms with van der Waals surface area (Å²) >= 11 is 1.49. The number of carbonyl (C=O) groups excluding carboxylic acids is 1.